The summed E-state index contributed by atoms with van der Waals surface area (Å²) in [6.07, 6.45) is 7.85. The van der Waals surface area contributed by atoms with Gasteiger partial charge in [-0.15, -0.1) is 0 Å². The first-order chi connectivity index (χ1) is 16.4. The second kappa shape index (κ2) is 7.65. The van der Waals surface area contributed by atoms with Gasteiger partial charge in [-0.25, -0.2) is 13.2 Å². The van der Waals surface area contributed by atoms with Crippen LogP contribution in [-0.4, -0.2) is 36.6 Å². The van der Waals surface area contributed by atoms with E-state index in [2.05, 4.69) is 15.1 Å². The quantitative estimate of drug-likeness (QED) is 0.403. The molecule has 3 aromatic heterocycles. The summed E-state index contributed by atoms with van der Waals surface area (Å²) < 4.78 is 43.1. The maximum Gasteiger partial charge on any atom is 0.258 e. The van der Waals surface area contributed by atoms with Gasteiger partial charge in [0.05, 0.1) is 28.5 Å². The molecule has 0 saturated carbocycles. The zero-order valence-electron chi connectivity index (χ0n) is 18.3. The lowest BCUT2D eigenvalue weighted by Gasteiger charge is -2.45. The Morgan fingerprint density at radius 1 is 1.12 bits per heavy atom. The summed E-state index contributed by atoms with van der Waals surface area (Å²) in [6, 6.07) is 5.29. The number of pyridine rings is 2. The van der Waals surface area contributed by atoms with Gasteiger partial charge in [0.2, 0.25) is 0 Å². The Balaban J connectivity index is 1.46. The molecule has 2 aliphatic heterocycles. The summed E-state index contributed by atoms with van der Waals surface area (Å²) >= 11 is 0. The van der Waals surface area contributed by atoms with Crippen molar-refractivity contribution in [2.24, 2.45) is 7.05 Å². The largest absolute Gasteiger partial charge is 0.327 e. The molecule has 4 aromatic rings. The van der Waals surface area contributed by atoms with E-state index in [4.69, 9.17) is 0 Å². The van der Waals surface area contributed by atoms with Crippen molar-refractivity contribution >= 4 is 16.8 Å². The van der Waals surface area contributed by atoms with Crippen LogP contribution < -0.4 is 0 Å². The third kappa shape index (κ3) is 3.03. The third-order valence-corrected chi connectivity index (χ3v) is 6.91. The van der Waals surface area contributed by atoms with Gasteiger partial charge in [0.25, 0.3) is 5.91 Å². The van der Waals surface area contributed by atoms with Crippen LogP contribution in [0.4, 0.5) is 13.2 Å². The summed E-state index contributed by atoms with van der Waals surface area (Å²) in [5.41, 5.74) is 3.38. The normalized spacial score (nSPS) is 19.4. The van der Waals surface area contributed by atoms with Gasteiger partial charge in [-0.05, 0) is 49.9 Å². The van der Waals surface area contributed by atoms with Crippen molar-refractivity contribution in [1.82, 2.24) is 24.6 Å². The Morgan fingerprint density at radius 3 is 2.71 bits per heavy atom. The lowest BCUT2D eigenvalue weighted by atomic mass is 9.81. The minimum Gasteiger partial charge on any atom is -0.327 e. The van der Waals surface area contributed by atoms with Crippen molar-refractivity contribution in [1.29, 1.82) is 0 Å². The number of piperidine rings is 1. The van der Waals surface area contributed by atoms with Crippen LogP contribution in [0.15, 0.2) is 42.9 Å². The van der Waals surface area contributed by atoms with E-state index in [1.165, 1.54) is 0 Å². The molecule has 2 aliphatic rings. The summed E-state index contributed by atoms with van der Waals surface area (Å²) in [5.74, 6) is -4.13. The predicted molar refractivity (Wildman–Crippen MR) is 118 cm³/mol. The molecule has 6 rings (SSSR count). The Hall–Kier alpha value is -3.75. The first-order valence-corrected chi connectivity index (χ1v) is 11.2. The van der Waals surface area contributed by atoms with Crippen molar-refractivity contribution < 1.29 is 18.0 Å². The molecule has 2 atom stereocenters. The van der Waals surface area contributed by atoms with E-state index in [-0.39, 0.29) is 23.6 Å². The Kier molecular flexibility index (Phi) is 4.68. The molecule has 0 spiro atoms. The standard InChI is InChI=1S/C25H20F3N5O/c1-32-24(14-8-18(26)21(28)19(27)9-14)16-10-15-5-2-6-20(23(16)31-32)33(15)25(34)17-12-29-11-13-4-3-7-30-22(13)17/h3-4,7-9,11-12,15,20H,2,5-6,10H2,1H3. The SMILES string of the molecule is Cn1nc2c(c1-c1cc(F)c(F)c(F)c1)CC1CCCC2N1C(=O)c1cncc2cccnc12. The molecular weight excluding hydrogens is 443 g/mol. The molecule has 5 heterocycles. The predicted octanol–water partition coefficient (Wildman–Crippen LogP) is 4.74. The fraction of sp³-hybridized carbons (Fsp3) is 0.280. The number of aromatic nitrogens is 4. The minimum atomic E-state index is -1.49. The fourth-order valence-corrected chi connectivity index (χ4v) is 5.50. The van der Waals surface area contributed by atoms with Crippen molar-refractivity contribution in [3.8, 4) is 11.3 Å². The number of nitrogens with zero attached hydrogens (tertiary/aromatic N) is 5. The van der Waals surface area contributed by atoms with Crippen molar-refractivity contribution in [2.75, 3.05) is 0 Å². The first kappa shape index (κ1) is 20.8. The molecule has 6 nitrogen and oxygen atoms in total. The number of carbonyl (C=O) groups excluding carboxylic acids is 1. The first-order valence-electron chi connectivity index (χ1n) is 11.2. The average molecular weight is 463 g/mol. The van der Waals surface area contributed by atoms with E-state index in [9.17, 15) is 18.0 Å². The van der Waals surface area contributed by atoms with E-state index in [0.29, 0.717) is 28.9 Å². The van der Waals surface area contributed by atoms with E-state index in [0.717, 1.165) is 42.3 Å². The topological polar surface area (TPSA) is 63.9 Å². The monoisotopic (exact) mass is 463 g/mol. The zero-order valence-corrected chi connectivity index (χ0v) is 18.3. The number of carbonyl (C=O) groups is 1. The maximum absolute atomic E-state index is 14.0. The molecule has 0 aliphatic carbocycles. The van der Waals surface area contributed by atoms with Crippen LogP contribution in [0.5, 0.6) is 0 Å². The van der Waals surface area contributed by atoms with Crippen LogP contribution in [0.2, 0.25) is 0 Å². The lowest BCUT2D eigenvalue weighted by Crippen LogP contribution is -2.50. The fourth-order valence-electron chi connectivity index (χ4n) is 5.50. The molecule has 172 valence electrons. The second-order valence-corrected chi connectivity index (χ2v) is 8.87. The van der Waals surface area contributed by atoms with Crippen LogP contribution >= 0.6 is 0 Å². The highest BCUT2D eigenvalue weighted by Gasteiger charge is 2.44. The molecule has 2 unspecified atom stereocenters. The summed E-state index contributed by atoms with van der Waals surface area (Å²) in [4.78, 5) is 24.3. The van der Waals surface area contributed by atoms with Crippen LogP contribution in [-0.2, 0) is 13.5 Å². The average Bonchev–Trinajstić information content (AvgIpc) is 3.16. The van der Waals surface area contributed by atoms with Gasteiger partial charge >= 0.3 is 0 Å². The molecule has 0 N–H and O–H groups in total. The van der Waals surface area contributed by atoms with Gasteiger partial charge in [0.1, 0.15) is 0 Å². The van der Waals surface area contributed by atoms with Gasteiger partial charge in [-0.3, -0.25) is 19.4 Å². The van der Waals surface area contributed by atoms with Crippen LogP contribution in [0.3, 0.4) is 0 Å². The molecule has 2 bridgehead atoms. The highest BCUT2D eigenvalue weighted by Crippen LogP contribution is 2.45. The Labute approximate surface area is 193 Å². The lowest BCUT2D eigenvalue weighted by molar-refractivity contribution is 0.0393. The van der Waals surface area contributed by atoms with E-state index in [1.807, 2.05) is 11.0 Å². The van der Waals surface area contributed by atoms with E-state index < -0.39 is 17.5 Å². The number of aryl methyl sites for hydroxylation is 1. The Morgan fingerprint density at radius 2 is 1.91 bits per heavy atom. The second-order valence-electron chi connectivity index (χ2n) is 8.87. The highest BCUT2D eigenvalue weighted by atomic mass is 19.2. The van der Waals surface area contributed by atoms with E-state index >= 15 is 0 Å². The number of fused-ring (bicyclic) bond motifs is 5. The van der Waals surface area contributed by atoms with Crippen molar-refractivity contribution in [2.45, 2.75) is 37.8 Å². The molecule has 1 fully saturated rings. The molecule has 1 aromatic carbocycles. The molecule has 9 heteroatoms. The number of hydrogen-bond donors (Lipinski definition) is 0. The highest BCUT2D eigenvalue weighted by molar-refractivity contribution is 6.05. The van der Waals surface area contributed by atoms with Gasteiger partial charge in [-0.2, -0.15) is 5.10 Å². The van der Waals surface area contributed by atoms with Gasteiger partial charge < -0.3 is 4.90 Å². The number of halogens is 3. The number of benzene rings is 1. The smallest absolute Gasteiger partial charge is 0.258 e. The number of amides is 1. The zero-order chi connectivity index (χ0) is 23.6. The number of hydrogen-bond acceptors (Lipinski definition) is 4. The van der Waals surface area contributed by atoms with Crippen molar-refractivity contribution in [3.63, 3.8) is 0 Å². The van der Waals surface area contributed by atoms with Gasteiger partial charge in [0, 0.05) is 48.2 Å². The summed E-state index contributed by atoms with van der Waals surface area (Å²) in [6.45, 7) is 0. The molecule has 0 radical (unpaired) electrons. The molecule has 1 saturated heterocycles. The van der Waals surface area contributed by atoms with Crippen molar-refractivity contribution in [3.05, 3.63) is 77.1 Å². The van der Waals surface area contributed by atoms with Gasteiger partial charge in [-0.1, -0.05) is 0 Å². The molecule has 1 amide bonds. The number of rotatable bonds is 2. The summed E-state index contributed by atoms with van der Waals surface area (Å²) in [7, 11) is 1.70. The van der Waals surface area contributed by atoms with Crippen LogP contribution in [0, 0.1) is 17.5 Å². The Bertz CT molecular complexity index is 1440. The van der Waals surface area contributed by atoms with Crippen LogP contribution in [0.1, 0.15) is 46.9 Å². The van der Waals surface area contributed by atoms with Crippen LogP contribution in [0.25, 0.3) is 22.2 Å². The molecular formula is C25H20F3N5O. The molecule has 34 heavy (non-hydrogen) atoms. The maximum atomic E-state index is 14.0. The van der Waals surface area contributed by atoms with E-state index in [1.54, 1.807) is 36.4 Å². The van der Waals surface area contributed by atoms with Gasteiger partial charge in [0.15, 0.2) is 17.5 Å². The minimum absolute atomic E-state index is 0.101. The third-order valence-electron chi connectivity index (χ3n) is 6.91. The summed E-state index contributed by atoms with van der Waals surface area (Å²) in [5, 5.41) is 5.46.